The Balaban J connectivity index is 2.14. The van der Waals surface area contributed by atoms with E-state index in [0.717, 1.165) is 22.4 Å². The van der Waals surface area contributed by atoms with Crippen LogP contribution in [0.4, 0.5) is 0 Å². The van der Waals surface area contributed by atoms with Crippen LogP contribution in [0.2, 0.25) is 0 Å². The van der Waals surface area contributed by atoms with E-state index in [2.05, 4.69) is 11.8 Å². The maximum Gasteiger partial charge on any atom is 0.118 e. The topological polar surface area (TPSA) is 35.2 Å². The summed E-state index contributed by atoms with van der Waals surface area (Å²) in [5, 5.41) is 0. The van der Waals surface area contributed by atoms with Crippen LogP contribution in [-0.2, 0) is 6.54 Å². The number of hydrogen-bond acceptors (Lipinski definition) is 2. The van der Waals surface area contributed by atoms with Gasteiger partial charge in [0, 0.05) is 17.7 Å². The summed E-state index contributed by atoms with van der Waals surface area (Å²) in [6.07, 6.45) is 0. The second-order valence-electron chi connectivity index (χ2n) is 3.88. The van der Waals surface area contributed by atoms with Crippen LogP contribution in [0.1, 0.15) is 16.7 Å². The molecular weight excluding hydrogens is 222 g/mol. The lowest BCUT2D eigenvalue weighted by atomic mass is 10.1. The van der Waals surface area contributed by atoms with Crippen molar-refractivity contribution in [2.45, 2.75) is 6.54 Å². The molecular formula is C16H15NO. The highest BCUT2D eigenvalue weighted by Crippen LogP contribution is 2.10. The summed E-state index contributed by atoms with van der Waals surface area (Å²) in [4.78, 5) is 0. The summed E-state index contributed by atoms with van der Waals surface area (Å²) in [6, 6.07) is 15.7. The highest BCUT2D eigenvalue weighted by atomic mass is 16.5. The minimum atomic E-state index is 0.562. The minimum absolute atomic E-state index is 0.562. The molecule has 0 atom stereocenters. The molecule has 0 aromatic heterocycles. The van der Waals surface area contributed by atoms with E-state index in [9.17, 15) is 0 Å². The van der Waals surface area contributed by atoms with Gasteiger partial charge in [0.2, 0.25) is 0 Å². The normalized spacial score (nSPS) is 9.44. The number of rotatable bonds is 2. The van der Waals surface area contributed by atoms with Gasteiger partial charge in [-0.3, -0.25) is 0 Å². The average molecular weight is 237 g/mol. The van der Waals surface area contributed by atoms with E-state index in [-0.39, 0.29) is 0 Å². The first-order chi connectivity index (χ1) is 8.81. The van der Waals surface area contributed by atoms with Crippen LogP contribution in [0.3, 0.4) is 0 Å². The first-order valence-corrected chi connectivity index (χ1v) is 5.77. The molecule has 0 amide bonds. The second kappa shape index (κ2) is 5.90. The molecule has 0 radical (unpaired) electrons. The van der Waals surface area contributed by atoms with Crippen LogP contribution in [0.5, 0.6) is 5.75 Å². The summed E-state index contributed by atoms with van der Waals surface area (Å²) >= 11 is 0. The predicted octanol–water partition coefficient (Wildman–Crippen LogP) is 2.55. The standard InChI is InChI=1S/C16H15NO/c1-18-16-10-8-14(9-11-16)3-2-13-4-6-15(12-17)7-5-13/h4-11H,12,17H2,1H3. The zero-order valence-electron chi connectivity index (χ0n) is 10.3. The number of ether oxygens (including phenoxy) is 1. The molecule has 0 aliphatic carbocycles. The maximum absolute atomic E-state index is 5.54. The van der Waals surface area contributed by atoms with Crippen molar-refractivity contribution < 1.29 is 4.74 Å². The Morgan fingerprint density at radius 3 is 1.83 bits per heavy atom. The van der Waals surface area contributed by atoms with Gasteiger partial charge in [0.25, 0.3) is 0 Å². The van der Waals surface area contributed by atoms with Crippen LogP contribution in [0.15, 0.2) is 48.5 Å². The van der Waals surface area contributed by atoms with Crippen LogP contribution in [-0.4, -0.2) is 7.11 Å². The molecule has 0 saturated heterocycles. The molecule has 0 aliphatic heterocycles. The van der Waals surface area contributed by atoms with Crippen LogP contribution < -0.4 is 10.5 Å². The van der Waals surface area contributed by atoms with Crippen molar-refractivity contribution in [3.05, 3.63) is 65.2 Å². The molecule has 90 valence electrons. The van der Waals surface area contributed by atoms with Crippen molar-refractivity contribution in [2.75, 3.05) is 7.11 Å². The molecule has 18 heavy (non-hydrogen) atoms. The molecule has 0 heterocycles. The monoisotopic (exact) mass is 237 g/mol. The van der Waals surface area contributed by atoms with E-state index in [1.807, 2.05) is 48.5 Å². The lowest BCUT2D eigenvalue weighted by Crippen LogP contribution is -1.95. The lowest BCUT2D eigenvalue weighted by Gasteiger charge is -1.98. The third-order valence-corrected chi connectivity index (χ3v) is 2.63. The van der Waals surface area contributed by atoms with Gasteiger partial charge in [0.05, 0.1) is 7.11 Å². The number of hydrogen-bond donors (Lipinski definition) is 1. The SMILES string of the molecule is COc1ccc(C#Cc2ccc(CN)cc2)cc1. The fourth-order valence-electron chi connectivity index (χ4n) is 1.54. The van der Waals surface area contributed by atoms with Gasteiger partial charge in [-0.2, -0.15) is 0 Å². The Hall–Kier alpha value is -2.24. The van der Waals surface area contributed by atoms with E-state index < -0.39 is 0 Å². The molecule has 0 unspecified atom stereocenters. The molecule has 0 fully saturated rings. The van der Waals surface area contributed by atoms with Crippen molar-refractivity contribution in [1.82, 2.24) is 0 Å². The van der Waals surface area contributed by atoms with Gasteiger partial charge in [-0.05, 0) is 42.0 Å². The van der Waals surface area contributed by atoms with Crippen LogP contribution in [0.25, 0.3) is 0 Å². The molecule has 2 heteroatoms. The van der Waals surface area contributed by atoms with E-state index >= 15 is 0 Å². The van der Waals surface area contributed by atoms with Crippen LogP contribution >= 0.6 is 0 Å². The zero-order valence-corrected chi connectivity index (χ0v) is 10.3. The second-order valence-corrected chi connectivity index (χ2v) is 3.88. The van der Waals surface area contributed by atoms with E-state index in [4.69, 9.17) is 10.5 Å². The lowest BCUT2D eigenvalue weighted by molar-refractivity contribution is 0.415. The fraction of sp³-hybridized carbons (Fsp3) is 0.125. The molecule has 0 saturated carbocycles. The van der Waals surface area contributed by atoms with Gasteiger partial charge in [-0.25, -0.2) is 0 Å². The van der Waals surface area contributed by atoms with Crippen molar-refractivity contribution in [1.29, 1.82) is 0 Å². The quantitative estimate of drug-likeness (QED) is 0.815. The highest BCUT2D eigenvalue weighted by Gasteiger charge is 1.91. The third kappa shape index (κ3) is 3.13. The Kier molecular flexibility index (Phi) is 4.01. The van der Waals surface area contributed by atoms with Crippen LogP contribution in [0, 0.1) is 11.8 Å². The molecule has 0 spiro atoms. The predicted molar refractivity (Wildman–Crippen MR) is 73.3 cm³/mol. The van der Waals surface area contributed by atoms with Gasteiger partial charge in [-0.1, -0.05) is 24.0 Å². The largest absolute Gasteiger partial charge is 0.497 e. The third-order valence-electron chi connectivity index (χ3n) is 2.63. The van der Waals surface area contributed by atoms with Crippen molar-refractivity contribution in [3.8, 4) is 17.6 Å². The Morgan fingerprint density at radius 1 is 0.889 bits per heavy atom. The average Bonchev–Trinajstić information content (AvgIpc) is 2.46. The van der Waals surface area contributed by atoms with E-state index in [0.29, 0.717) is 6.54 Å². The molecule has 2 rings (SSSR count). The van der Waals surface area contributed by atoms with Gasteiger partial charge in [0.1, 0.15) is 5.75 Å². The number of nitrogens with two attached hydrogens (primary N) is 1. The number of methoxy groups -OCH3 is 1. The minimum Gasteiger partial charge on any atom is -0.497 e. The maximum atomic E-state index is 5.54. The van der Waals surface area contributed by atoms with Crippen molar-refractivity contribution >= 4 is 0 Å². The molecule has 2 aromatic carbocycles. The number of benzene rings is 2. The van der Waals surface area contributed by atoms with Gasteiger partial charge >= 0.3 is 0 Å². The summed E-state index contributed by atoms with van der Waals surface area (Å²) in [5.74, 6) is 7.07. The van der Waals surface area contributed by atoms with Crippen molar-refractivity contribution in [2.24, 2.45) is 5.73 Å². The summed E-state index contributed by atoms with van der Waals surface area (Å²) in [6.45, 7) is 0.562. The Labute approximate surface area is 107 Å². The first kappa shape index (κ1) is 12.2. The Morgan fingerprint density at radius 2 is 1.39 bits per heavy atom. The molecule has 2 N–H and O–H groups in total. The molecule has 0 aliphatic rings. The molecule has 2 nitrogen and oxygen atoms in total. The summed E-state index contributed by atoms with van der Waals surface area (Å²) < 4.78 is 5.10. The fourth-order valence-corrected chi connectivity index (χ4v) is 1.54. The van der Waals surface area contributed by atoms with Gasteiger partial charge < -0.3 is 10.5 Å². The Bertz CT molecular complexity index is 507. The molecule has 2 aromatic rings. The summed E-state index contributed by atoms with van der Waals surface area (Å²) in [5.41, 5.74) is 8.62. The summed E-state index contributed by atoms with van der Waals surface area (Å²) in [7, 11) is 1.65. The van der Waals surface area contributed by atoms with Crippen molar-refractivity contribution in [3.63, 3.8) is 0 Å². The zero-order chi connectivity index (χ0) is 12.8. The smallest absolute Gasteiger partial charge is 0.118 e. The van der Waals surface area contributed by atoms with E-state index in [1.165, 1.54) is 0 Å². The van der Waals surface area contributed by atoms with Gasteiger partial charge in [-0.15, -0.1) is 0 Å². The molecule has 0 bridgehead atoms. The highest BCUT2D eigenvalue weighted by molar-refractivity contribution is 5.44. The first-order valence-electron chi connectivity index (χ1n) is 5.77. The van der Waals surface area contributed by atoms with Gasteiger partial charge in [0.15, 0.2) is 0 Å². The van der Waals surface area contributed by atoms with E-state index in [1.54, 1.807) is 7.11 Å².